The molecule has 0 spiro atoms. The van der Waals surface area contributed by atoms with Gasteiger partial charge in [-0.25, -0.2) is 0 Å². The zero-order valence-corrected chi connectivity index (χ0v) is 12.5. The molecule has 0 aliphatic carbocycles. The van der Waals surface area contributed by atoms with E-state index in [-0.39, 0.29) is 6.10 Å². The Labute approximate surface area is 121 Å². The fourth-order valence-corrected chi connectivity index (χ4v) is 3.38. The van der Waals surface area contributed by atoms with E-state index in [0.29, 0.717) is 12.5 Å². The molecular weight excluding hydrogens is 250 g/mol. The van der Waals surface area contributed by atoms with Gasteiger partial charge in [0.05, 0.1) is 18.8 Å². The van der Waals surface area contributed by atoms with E-state index in [1.165, 1.54) is 36.1 Å². The number of aliphatic hydroxyl groups excluding tert-OH is 1. The van der Waals surface area contributed by atoms with Crippen LogP contribution < -0.4 is 0 Å². The van der Waals surface area contributed by atoms with Gasteiger partial charge in [0.2, 0.25) is 0 Å². The molecule has 0 radical (unpaired) electrons. The van der Waals surface area contributed by atoms with Crippen LogP contribution in [0.5, 0.6) is 0 Å². The molecule has 3 atom stereocenters. The lowest BCUT2D eigenvalue weighted by Gasteiger charge is -2.37. The number of nitrogens with zero attached hydrogens (tertiary/aromatic N) is 1. The normalized spacial score (nSPS) is 28.4. The van der Waals surface area contributed by atoms with Crippen molar-refractivity contribution in [3.63, 3.8) is 0 Å². The first kappa shape index (κ1) is 14.1. The third-order valence-electron chi connectivity index (χ3n) is 4.86. The van der Waals surface area contributed by atoms with Crippen molar-refractivity contribution in [2.45, 2.75) is 51.4 Å². The minimum atomic E-state index is -0.404. The predicted molar refractivity (Wildman–Crippen MR) is 80.0 cm³/mol. The van der Waals surface area contributed by atoms with Crippen LogP contribution in [0.25, 0.3) is 0 Å². The Morgan fingerprint density at radius 3 is 3.00 bits per heavy atom. The van der Waals surface area contributed by atoms with E-state index in [1.807, 2.05) is 0 Å². The molecular formula is C17H25NO2. The van der Waals surface area contributed by atoms with Crippen molar-refractivity contribution in [3.8, 4) is 0 Å². The van der Waals surface area contributed by atoms with Crippen LogP contribution in [0.2, 0.25) is 0 Å². The minimum Gasteiger partial charge on any atom is -0.390 e. The molecule has 0 amide bonds. The number of aryl methyl sites for hydroxylation is 2. The molecule has 1 aromatic carbocycles. The largest absolute Gasteiger partial charge is 0.390 e. The fourth-order valence-electron chi connectivity index (χ4n) is 3.38. The van der Waals surface area contributed by atoms with Gasteiger partial charge in [-0.1, -0.05) is 18.2 Å². The molecule has 2 aliphatic rings. The van der Waals surface area contributed by atoms with E-state index in [0.717, 1.165) is 13.2 Å². The Bertz CT molecular complexity index is 474. The van der Waals surface area contributed by atoms with Gasteiger partial charge < -0.3 is 9.84 Å². The van der Waals surface area contributed by atoms with Gasteiger partial charge >= 0.3 is 0 Å². The summed E-state index contributed by atoms with van der Waals surface area (Å²) in [5.41, 5.74) is 3.80. The minimum absolute atomic E-state index is 0.0361. The SMILES string of the molecule is Cc1ccc(CC(O)C2CN3CCCC3CO2)cc1C. The van der Waals surface area contributed by atoms with Crippen LogP contribution in [0, 0.1) is 13.8 Å². The summed E-state index contributed by atoms with van der Waals surface area (Å²) in [5, 5.41) is 10.5. The van der Waals surface area contributed by atoms with Crippen LogP contribution in [0.3, 0.4) is 0 Å². The topological polar surface area (TPSA) is 32.7 Å². The Kier molecular flexibility index (Phi) is 4.11. The summed E-state index contributed by atoms with van der Waals surface area (Å²) in [6.45, 7) is 7.08. The average molecular weight is 275 g/mol. The number of ether oxygens (including phenoxy) is 1. The molecule has 20 heavy (non-hydrogen) atoms. The van der Waals surface area contributed by atoms with Crippen LogP contribution in [-0.4, -0.2) is 48.0 Å². The van der Waals surface area contributed by atoms with Crippen LogP contribution in [0.15, 0.2) is 18.2 Å². The first-order chi connectivity index (χ1) is 9.63. The summed E-state index contributed by atoms with van der Waals surface area (Å²) in [6.07, 6.45) is 2.77. The van der Waals surface area contributed by atoms with E-state index in [1.54, 1.807) is 0 Å². The molecule has 0 aromatic heterocycles. The van der Waals surface area contributed by atoms with Gasteiger partial charge in [0.25, 0.3) is 0 Å². The molecule has 0 saturated carbocycles. The van der Waals surface area contributed by atoms with Crippen molar-refractivity contribution in [1.82, 2.24) is 4.90 Å². The Morgan fingerprint density at radius 1 is 1.35 bits per heavy atom. The summed E-state index contributed by atoms with van der Waals surface area (Å²) >= 11 is 0. The van der Waals surface area contributed by atoms with Crippen molar-refractivity contribution >= 4 is 0 Å². The lowest BCUT2D eigenvalue weighted by molar-refractivity contribution is -0.101. The van der Waals surface area contributed by atoms with E-state index in [9.17, 15) is 5.11 Å². The summed E-state index contributed by atoms with van der Waals surface area (Å²) in [5.74, 6) is 0. The highest BCUT2D eigenvalue weighted by Gasteiger charge is 2.35. The third kappa shape index (κ3) is 2.90. The smallest absolute Gasteiger partial charge is 0.0964 e. The Balaban J connectivity index is 1.61. The molecule has 110 valence electrons. The van der Waals surface area contributed by atoms with Gasteiger partial charge in [-0.2, -0.15) is 0 Å². The molecule has 3 unspecified atom stereocenters. The molecule has 3 nitrogen and oxygen atoms in total. The highest BCUT2D eigenvalue weighted by atomic mass is 16.5. The average Bonchev–Trinajstić information content (AvgIpc) is 2.90. The number of hydrogen-bond donors (Lipinski definition) is 1. The molecule has 3 rings (SSSR count). The number of benzene rings is 1. The second-order valence-corrected chi connectivity index (χ2v) is 6.35. The fraction of sp³-hybridized carbons (Fsp3) is 0.647. The summed E-state index contributed by atoms with van der Waals surface area (Å²) in [7, 11) is 0. The monoisotopic (exact) mass is 275 g/mol. The molecule has 2 heterocycles. The Morgan fingerprint density at radius 2 is 2.20 bits per heavy atom. The zero-order chi connectivity index (χ0) is 14.1. The van der Waals surface area contributed by atoms with Crippen LogP contribution in [-0.2, 0) is 11.2 Å². The van der Waals surface area contributed by atoms with Crippen LogP contribution >= 0.6 is 0 Å². The van der Waals surface area contributed by atoms with Crippen LogP contribution in [0.1, 0.15) is 29.5 Å². The van der Waals surface area contributed by atoms with E-state index < -0.39 is 6.10 Å². The summed E-state index contributed by atoms with van der Waals surface area (Å²) in [6, 6.07) is 7.03. The first-order valence-electron chi connectivity index (χ1n) is 7.73. The summed E-state index contributed by atoms with van der Waals surface area (Å²) in [4.78, 5) is 2.48. The molecule has 1 N–H and O–H groups in total. The maximum atomic E-state index is 10.5. The quantitative estimate of drug-likeness (QED) is 0.916. The van der Waals surface area contributed by atoms with Gasteiger partial charge in [0, 0.05) is 19.0 Å². The highest BCUT2D eigenvalue weighted by Crippen LogP contribution is 2.24. The standard InChI is InChI=1S/C17H25NO2/c1-12-5-6-14(8-13(12)2)9-16(19)17-10-18-7-3-4-15(18)11-20-17/h5-6,8,15-17,19H,3-4,7,9-11H2,1-2H3. The van der Waals surface area contributed by atoms with Crippen molar-refractivity contribution in [2.75, 3.05) is 19.7 Å². The van der Waals surface area contributed by atoms with Gasteiger partial charge in [0.1, 0.15) is 0 Å². The molecule has 2 aliphatic heterocycles. The second kappa shape index (κ2) is 5.84. The zero-order valence-electron chi connectivity index (χ0n) is 12.5. The van der Waals surface area contributed by atoms with Crippen molar-refractivity contribution < 1.29 is 9.84 Å². The van der Waals surface area contributed by atoms with E-state index in [4.69, 9.17) is 4.74 Å². The summed E-state index contributed by atoms with van der Waals surface area (Å²) < 4.78 is 5.89. The van der Waals surface area contributed by atoms with E-state index >= 15 is 0 Å². The van der Waals surface area contributed by atoms with Crippen LogP contribution in [0.4, 0.5) is 0 Å². The molecule has 3 heteroatoms. The lowest BCUT2D eigenvalue weighted by atomic mass is 9.99. The molecule has 1 aromatic rings. The maximum absolute atomic E-state index is 10.5. The predicted octanol–water partition coefficient (Wildman–Crippen LogP) is 2.07. The highest BCUT2D eigenvalue weighted by molar-refractivity contribution is 5.30. The number of hydrogen-bond acceptors (Lipinski definition) is 3. The van der Waals surface area contributed by atoms with Gasteiger partial charge in [0.15, 0.2) is 0 Å². The van der Waals surface area contributed by atoms with Gasteiger partial charge in [-0.3, -0.25) is 4.90 Å². The second-order valence-electron chi connectivity index (χ2n) is 6.35. The number of rotatable bonds is 3. The number of aliphatic hydroxyl groups is 1. The van der Waals surface area contributed by atoms with E-state index in [2.05, 4.69) is 36.9 Å². The maximum Gasteiger partial charge on any atom is 0.0964 e. The Hall–Kier alpha value is -0.900. The molecule has 2 saturated heterocycles. The first-order valence-corrected chi connectivity index (χ1v) is 7.73. The van der Waals surface area contributed by atoms with Gasteiger partial charge in [-0.05, 0) is 49.9 Å². The lowest BCUT2D eigenvalue weighted by Crippen LogP contribution is -2.50. The van der Waals surface area contributed by atoms with Crippen molar-refractivity contribution in [2.24, 2.45) is 0 Å². The van der Waals surface area contributed by atoms with Crippen molar-refractivity contribution in [1.29, 1.82) is 0 Å². The van der Waals surface area contributed by atoms with Crippen molar-refractivity contribution in [3.05, 3.63) is 34.9 Å². The molecule has 2 fully saturated rings. The number of fused-ring (bicyclic) bond motifs is 1. The van der Waals surface area contributed by atoms with Gasteiger partial charge in [-0.15, -0.1) is 0 Å². The number of morpholine rings is 1. The molecule has 0 bridgehead atoms. The third-order valence-corrected chi connectivity index (χ3v) is 4.86.